The molecule has 1 N–H and O–H groups in total. The first-order valence-corrected chi connectivity index (χ1v) is 8.73. The molecule has 0 unspecified atom stereocenters. The minimum Gasteiger partial charge on any atom is -0.383 e. The molecule has 1 aromatic heterocycles. The Balaban J connectivity index is 1.63. The Morgan fingerprint density at radius 2 is 1.92 bits per heavy atom. The second-order valence-electron chi connectivity index (χ2n) is 6.08. The largest absolute Gasteiger partial charge is 0.383 e. The van der Waals surface area contributed by atoms with Crippen LogP contribution in [0.2, 0.25) is 5.15 Å². The van der Waals surface area contributed by atoms with E-state index in [1.165, 1.54) is 6.33 Å². The highest BCUT2D eigenvalue weighted by atomic mass is 35.5. The number of nitrogens with zero attached hydrogens (tertiary/aromatic N) is 4. The van der Waals surface area contributed by atoms with Crippen LogP contribution in [-0.4, -0.2) is 54.0 Å². The summed E-state index contributed by atoms with van der Waals surface area (Å²) in [4.78, 5) is 25.0. The van der Waals surface area contributed by atoms with E-state index in [2.05, 4.69) is 20.2 Å². The highest BCUT2D eigenvalue weighted by Crippen LogP contribution is 2.29. The summed E-state index contributed by atoms with van der Waals surface area (Å²) in [7, 11) is 1.80. The highest BCUT2D eigenvalue weighted by Gasteiger charge is 2.24. The van der Waals surface area contributed by atoms with E-state index in [9.17, 15) is 4.79 Å². The zero-order chi connectivity index (χ0) is 17.8. The monoisotopic (exact) mass is 359 g/mol. The summed E-state index contributed by atoms with van der Waals surface area (Å²) in [6.07, 6.45) is 1.92. The molecule has 1 amide bonds. The van der Waals surface area contributed by atoms with Gasteiger partial charge in [0.1, 0.15) is 12.0 Å². The minimum atomic E-state index is 0.170. The zero-order valence-electron chi connectivity index (χ0n) is 14.5. The molecule has 3 rings (SSSR count). The molecule has 0 aliphatic carbocycles. The van der Waals surface area contributed by atoms with Crippen molar-refractivity contribution >= 4 is 29.0 Å². The molecule has 132 valence electrons. The van der Waals surface area contributed by atoms with E-state index in [1.54, 1.807) is 7.05 Å². The summed E-state index contributed by atoms with van der Waals surface area (Å²) < 4.78 is 0. The molecule has 2 aromatic rings. The fourth-order valence-electron chi connectivity index (χ4n) is 3.06. The number of halogens is 1. The van der Waals surface area contributed by atoms with E-state index >= 15 is 0 Å². The van der Waals surface area contributed by atoms with Crippen molar-refractivity contribution in [1.29, 1.82) is 0 Å². The van der Waals surface area contributed by atoms with Gasteiger partial charge in [-0.1, -0.05) is 35.9 Å². The summed E-state index contributed by atoms with van der Waals surface area (Å²) in [5.74, 6) is 0.956. The average molecular weight is 360 g/mol. The Kier molecular flexibility index (Phi) is 5.38. The second-order valence-corrected chi connectivity index (χ2v) is 6.44. The van der Waals surface area contributed by atoms with Crippen molar-refractivity contribution in [3.8, 4) is 0 Å². The van der Waals surface area contributed by atoms with Crippen molar-refractivity contribution in [3.05, 3.63) is 46.9 Å². The Labute approximate surface area is 152 Å². The lowest BCUT2D eigenvalue weighted by Gasteiger charge is -2.36. The van der Waals surface area contributed by atoms with Gasteiger partial charge >= 0.3 is 0 Å². The molecule has 1 fully saturated rings. The summed E-state index contributed by atoms with van der Waals surface area (Å²) in [6.45, 7) is 4.84. The van der Waals surface area contributed by atoms with Gasteiger partial charge in [0.25, 0.3) is 0 Å². The molecule has 1 aromatic carbocycles. The molecule has 1 saturated heterocycles. The molecule has 7 heteroatoms. The topological polar surface area (TPSA) is 61.4 Å². The van der Waals surface area contributed by atoms with Gasteiger partial charge in [0, 0.05) is 33.2 Å². The van der Waals surface area contributed by atoms with E-state index in [0.29, 0.717) is 24.7 Å². The average Bonchev–Trinajstić information content (AvgIpc) is 2.63. The third kappa shape index (κ3) is 3.85. The molecule has 0 radical (unpaired) electrons. The first kappa shape index (κ1) is 17.5. The maximum absolute atomic E-state index is 12.6. The standard InChI is InChI=1S/C18H22ClN5O/c1-13-5-3-4-6-14(13)11-15(25)23-7-9-24(10-8-23)18-16(20-2)17(19)21-12-22-18/h3-6,12,20H,7-11H2,1-2H3. The van der Waals surface area contributed by atoms with Crippen molar-refractivity contribution in [2.45, 2.75) is 13.3 Å². The van der Waals surface area contributed by atoms with Gasteiger partial charge in [-0.3, -0.25) is 4.79 Å². The van der Waals surface area contributed by atoms with Gasteiger partial charge in [-0.05, 0) is 18.1 Å². The van der Waals surface area contributed by atoms with Gasteiger partial charge in [-0.2, -0.15) is 0 Å². The van der Waals surface area contributed by atoms with Crippen LogP contribution in [0.25, 0.3) is 0 Å². The number of rotatable bonds is 4. The van der Waals surface area contributed by atoms with Crippen LogP contribution in [0.4, 0.5) is 11.5 Å². The lowest BCUT2D eigenvalue weighted by atomic mass is 10.1. The molecular formula is C18H22ClN5O. The summed E-state index contributed by atoms with van der Waals surface area (Å²) >= 11 is 6.13. The number of hydrogen-bond acceptors (Lipinski definition) is 5. The van der Waals surface area contributed by atoms with Crippen LogP contribution in [0.3, 0.4) is 0 Å². The van der Waals surface area contributed by atoms with Crippen LogP contribution in [0.1, 0.15) is 11.1 Å². The Morgan fingerprint density at radius 3 is 2.60 bits per heavy atom. The number of aryl methyl sites for hydroxylation is 1. The van der Waals surface area contributed by atoms with Gasteiger partial charge in [-0.25, -0.2) is 9.97 Å². The quantitative estimate of drug-likeness (QED) is 0.849. The van der Waals surface area contributed by atoms with E-state index in [0.717, 1.165) is 35.7 Å². The highest BCUT2D eigenvalue weighted by molar-refractivity contribution is 6.32. The number of nitrogens with one attached hydrogen (secondary N) is 1. The van der Waals surface area contributed by atoms with Crippen molar-refractivity contribution in [2.24, 2.45) is 0 Å². The van der Waals surface area contributed by atoms with Crippen molar-refractivity contribution in [3.63, 3.8) is 0 Å². The SMILES string of the molecule is CNc1c(Cl)ncnc1N1CCN(C(=O)Cc2ccccc2C)CC1. The predicted octanol–water partition coefficient (Wildman–Crippen LogP) is 2.37. The van der Waals surface area contributed by atoms with Gasteiger partial charge in [0.15, 0.2) is 11.0 Å². The number of hydrogen-bond donors (Lipinski definition) is 1. The fourth-order valence-corrected chi connectivity index (χ4v) is 3.28. The predicted molar refractivity (Wildman–Crippen MR) is 100 cm³/mol. The number of aromatic nitrogens is 2. The number of carbonyl (C=O) groups is 1. The minimum absolute atomic E-state index is 0.170. The normalized spacial score (nSPS) is 14.5. The van der Waals surface area contributed by atoms with E-state index in [4.69, 9.17) is 11.6 Å². The molecular weight excluding hydrogens is 338 g/mol. The van der Waals surface area contributed by atoms with Gasteiger partial charge in [0.2, 0.25) is 5.91 Å². The van der Waals surface area contributed by atoms with Crippen molar-refractivity contribution < 1.29 is 4.79 Å². The summed E-state index contributed by atoms with van der Waals surface area (Å²) in [5.41, 5.74) is 2.97. The number of piperazine rings is 1. The van der Waals surface area contributed by atoms with E-state index in [1.807, 2.05) is 36.1 Å². The molecule has 0 saturated carbocycles. The molecule has 6 nitrogen and oxygen atoms in total. The molecule has 0 spiro atoms. The molecule has 0 atom stereocenters. The van der Waals surface area contributed by atoms with Crippen LogP contribution in [0, 0.1) is 6.92 Å². The second kappa shape index (κ2) is 7.70. The Morgan fingerprint density at radius 1 is 1.20 bits per heavy atom. The van der Waals surface area contributed by atoms with Crippen molar-refractivity contribution in [2.75, 3.05) is 43.4 Å². The molecule has 25 heavy (non-hydrogen) atoms. The summed E-state index contributed by atoms with van der Waals surface area (Å²) in [5, 5.41) is 3.46. The van der Waals surface area contributed by atoms with Crippen LogP contribution in [-0.2, 0) is 11.2 Å². The van der Waals surface area contributed by atoms with Crippen molar-refractivity contribution in [1.82, 2.24) is 14.9 Å². The van der Waals surface area contributed by atoms with Crippen LogP contribution in [0.15, 0.2) is 30.6 Å². The number of amides is 1. The third-order valence-electron chi connectivity index (χ3n) is 4.57. The van der Waals surface area contributed by atoms with Gasteiger partial charge < -0.3 is 15.1 Å². The number of carbonyl (C=O) groups excluding carboxylic acids is 1. The first-order valence-electron chi connectivity index (χ1n) is 8.35. The molecule has 0 bridgehead atoms. The van der Waals surface area contributed by atoms with Gasteiger partial charge in [-0.15, -0.1) is 0 Å². The van der Waals surface area contributed by atoms with Crippen LogP contribution in [0.5, 0.6) is 0 Å². The lowest BCUT2D eigenvalue weighted by molar-refractivity contribution is -0.130. The Hall–Kier alpha value is -2.34. The zero-order valence-corrected chi connectivity index (χ0v) is 15.3. The molecule has 2 heterocycles. The van der Waals surface area contributed by atoms with Crippen LogP contribution < -0.4 is 10.2 Å². The third-order valence-corrected chi connectivity index (χ3v) is 4.85. The molecule has 1 aliphatic rings. The smallest absolute Gasteiger partial charge is 0.227 e. The molecule has 1 aliphatic heterocycles. The van der Waals surface area contributed by atoms with Crippen LogP contribution >= 0.6 is 11.6 Å². The number of anilines is 2. The lowest BCUT2D eigenvalue weighted by Crippen LogP contribution is -2.49. The van der Waals surface area contributed by atoms with E-state index in [-0.39, 0.29) is 5.91 Å². The van der Waals surface area contributed by atoms with Gasteiger partial charge in [0.05, 0.1) is 6.42 Å². The first-order chi connectivity index (χ1) is 12.1. The number of benzene rings is 1. The Bertz CT molecular complexity index is 759. The van der Waals surface area contributed by atoms with E-state index < -0.39 is 0 Å². The maximum Gasteiger partial charge on any atom is 0.227 e. The maximum atomic E-state index is 12.6. The fraction of sp³-hybridized carbons (Fsp3) is 0.389. The summed E-state index contributed by atoms with van der Waals surface area (Å²) in [6, 6.07) is 8.03.